The first-order valence-corrected chi connectivity index (χ1v) is 17.3. The molecule has 0 atom stereocenters. The van der Waals surface area contributed by atoms with Crippen molar-refractivity contribution in [2.45, 2.75) is 0 Å². The molecule has 0 aliphatic heterocycles. The molecule has 0 fully saturated rings. The molecule has 10 rings (SSSR count). The number of aromatic nitrogens is 6. The minimum absolute atomic E-state index is 0.617. The summed E-state index contributed by atoms with van der Waals surface area (Å²) in [5, 5.41) is 2.33. The van der Waals surface area contributed by atoms with E-state index in [0.29, 0.717) is 17.5 Å². The molecular formula is C46H30N6. The molecule has 3 aromatic heterocycles. The molecule has 0 spiro atoms. The van der Waals surface area contributed by atoms with Crippen LogP contribution in [0.5, 0.6) is 0 Å². The largest absolute Gasteiger partial charge is 0.309 e. The molecule has 3 heterocycles. The van der Waals surface area contributed by atoms with E-state index in [1.165, 1.54) is 5.39 Å². The smallest absolute Gasteiger partial charge is 0.164 e. The zero-order chi connectivity index (χ0) is 34.4. The molecule has 0 aliphatic carbocycles. The van der Waals surface area contributed by atoms with Gasteiger partial charge in [0.25, 0.3) is 0 Å². The van der Waals surface area contributed by atoms with E-state index in [2.05, 4.69) is 118 Å². The molecular weight excluding hydrogens is 637 g/mol. The second kappa shape index (κ2) is 12.3. The van der Waals surface area contributed by atoms with Gasteiger partial charge in [-0.15, -0.1) is 0 Å². The molecule has 6 nitrogen and oxygen atoms in total. The summed E-state index contributed by atoms with van der Waals surface area (Å²) in [6, 6.07) is 62.6. The standard InChI is InChI=1S/C46H30N6/c1-5-16-31(17-6-1)43-48-44(32-18-7-2-8-19-32)50-45(49-43)34-22-15-25-36(28-34)51-40-27-14-13-26-37(40)38-29-42-39(30-41(38)51)47-46(33-20-9-3-10-21-33)52(42)35-23-11-4-12-24-35/h1-30H. The van der Waals surface area contributed by atoms with Crippen molar-refractivity contribution in [2.24, 2.45) is 0 Å². The maximum Gasteiger partial charge on any atom is 0.164 e. The summed E-state index contributed by atoms with van der Waals surface area (Å²) in [5.74, 6) is 2.80. The Balaban J connectivity index is 1.19. The van der Waals surface area contributed by atoms with E-state index in [1.54, 1.807) is 0 Å². The number of benzene rings is 7. The molecule has 10 aromatic rings. The van der Waals surface area contributed by atoms with E-state index in [-0.39, 0.29) is 0 Å². The zero-order valence-electron chi connectivity index (χ0n) is 28.0. The van der Waals surface area contributed by atoms with E-state index in [9.17, 15) is 0 Å². The van der Waals surface area contributed by atoms with Crippen molar-refractivity contribution in [1.82, 2.24) is 29.1 Å². The lowest BCUT2D eigenvalue weighted by molar-refractivity contribution is 1.07. The highest BCUT2D eigenvalue weighted by Crippen LogP contribution is 2.38. The predicted molar refractivity (Wildman–Crippen MR) is 211 cm³/mol. The highest BCUT2D eigenvalue weighted by molar-refractivity contribution is 6.13. The van der Waals surface area contributed by atoms with Gasteiger partial charge in [0.2, 0.25) is 0 Å². The normalized spacial score (nSPS) is 11.5. The fourth-order valence-electron chi connectivity index (χ4n) is 7.16. The van der Waals surface area contributed by atoms with Crippen LogP contribution in [0.1, 0.15) is 0 Å². The fraction of sp³-hybridized carbons (Fsp3) is 0. The van der Waals surface area contributed by atoms with Crippen LogP contribution in [-0.4, -0.2) is 29.1 Å². The monoisotopic (exact) mass is 666 g/mol. The minimum atomic E-state index is 0.617. The molecule has 0 saturated heterocycles. The first kappa shape index (κ1) is 29.7. The van der Waals surface area contributed by atoms with Gasteiger partial charge >= 0.3 is 0 Å². The van der Waals surface area contributed by atoms with Gasteiger partial charge in [-0.25, -0.2) is 19.9 Å². The molecule has 0 N–H and O–H groups in total. The van der Waals surface area contributed by atoms with Gasteiger partial charge in [-0.2, -0.15) is 0 Å². The Bertz CT molecular complexity index is 2820. The third-order valence-corrected chi connectivity index (χ3v) is 9.56. The van der Waals surface area contributed by atoms with Gasteiger partial charge in [-0.05, 0) is 42.5 Å². The number of imidazole rings is 1. The molecule has 52 heavy (non-hydrogen) atoms. The van der Waals surface area contributed by atoms with E-state index in [1.807, 2.05) is 72.8 Å². The first-order valence-electron chi connectivity index (χ1n) is 17.3. The molecule has 6 heteroatoms. The number of rotatable bonds is 6. The van der Waals surface area contributed by atoms with Crippen LogP contribution in [-0.2, 0) is 0 Å². The van der Waals surface area contributed by atoms with Crippen LogP contribution in [0.15, 0.2) is 182 Å². The second-order valence-corrected chi connectivity index (χ2v) is 12.8. The number of hydrogen-bond donors (Lipinski definition) is 0. The Morgan fingerprint density at radius 3 is 1.48 bits per heavy atom. The summed E-state index contributed by atoms with van der Waals surface area (Å²) in [6.45, 7) is 0. The lowest BCUT2D eigenvalue weighted by atomic mass is 10.1. The summed E-state index contributed by atoms with van der Waals surface area (Å²) in [6.07, 6.45) is 0. The Kier molecular flexibility index (Phi) is 7.03. The molecule has 0 radical (unpaired) electrons. The quantitative estimate of drug-likeness (QED) is 0.177. The maximum atomic E-state index is 5.28. The van der Waals surface area contributed by atoms with Crippen molar-refractivity contribution in [3.8, 4) is 56.9 Å². The molecule has 0 unspecified atom stereocenters. The molecule has 0 amide bonds. The Morgan fingerprint density at radius 2 is 0.827 bits per heavy atom. The Hall–Kier alpha value is -7.18. The van der Waals surface area contributed by atoms with Gasteiger partial charge in [0, 0.05) is 44.4 Å². The van der Waals surface area contributed by atoms with Crippen LogP contribution in [0.3, 0.4) is 0 Å². The van der Waals surface area contributed by atoms with Gasteiger partial charge in [-0.1, -0.05) is 140 Å². The summed E-state index contributed by atoms with van der Waals surface area (Å²) in [4.78, 5) is 20.2. The first-order chi connectivity index (χ1) is 25.8. The molecule has 0 saturated carbocycles. The van der Waals surface area contributed by atoms with Crippen molar-refractivity contribution in [3.05, 3.63) is 182 Å². The minimum Gasteiger partial charge on any atom is -0.309 e. The lowest BCUT2D eigenvalue weighted by Crippen LogP contribution is -2.01. The van der Waals surface area contributed by atoms with Crippen molar-refractivity contribution in [2.75, 3.05) is 0 Å². The van der Waals surface area contributed by atoms with E-state index in [4.69, 9.17) is 19.9 Å². The van der Waals surface area contributed by atoms with Crippen LogP contribution in [0.2, 0.25) is 0 Å². The topological polar surface area (TPSA) is 61.4 Å². The number of hydrogen-bond acceptors (Lipinski definition) is 4. The number of para-hydroxylation sites is 2. The molecule has 244 valence electrons. The zero-order valence-corrected chi connectivity index (χ0v) is 28.0. The van der Waals surface area contributed by atoms with Gasteiger partial charge in [-0.3, -0.25) is 4.57 Å². The SMILES string of the molecule is c1ccc(-c2nc(-c3ccccc3)nc(-c3cccc(-n4c5ccccc5c5cc6c(cc54)nc(-c4ccccc4)n6-c4ccccc4)c3)n2)cc1. The summed E-state index contributed by atoms with van der Waals surface area (Å²) >= 11 is 0. The van der Waals surface area contributed by atoms with E-state index in [0.717, 1.165) is 66.9 Å². The van der Waals surface area contributed by atoms with Gasteiger partial charge in [0.15, 0.2) is 17.5 Å². The van der Waals surface area contributed by atoms with Gasteiger partial charge in [0.1, 0.15) is 5.82 Å². The van der Waals surface area contributed by atoms with E-state index < -0.39 is 0 Å². The van der Waals surface area contributed by atoms with Crippen LogP contribution in [0.4, 0.5) is 0 Å². The number of nitrogens with zero attached hydrogens (tertiary/aromatic N) is 6. The Morgan fingerprint density at radius 1 is 0.308 bits per heavy atom. The van der Waals surface area contributed by atoms with E-state index >= 15 is 0 Å². The van der Waals surface area contributed by atoms with Crippen LogP contribution < -0.4 is 0 Å². The van der Waals surface area contributed by atoms with Crippen molar-refractivity contribution in [3.63, 3.8) is 0 Å². The lowest BCUT2D eigenvalue weighted by Gasteiger charge is -2.12. The van der Waals surface area contributed by atoms with Crippen LogP contribution >= 0.6 is 0 Å². The van der Waals surface area contributed by atoms with Crippen LogP contribution in [0.25, 0.3) is 89.8 Å². The van der Waals surface area contributed by atoms with Crippen molar-refractivity contribution >= 4 is 32.8 Å². The molecule has 7 aromatic carbocycles. The average molecular weight is 667 g/mol. The predicted octanol–water partition coefficient (Wildman–Crippen LogP) is 11.0. The molecule has 0 bridgehead atoms. The summed E-state index contributed by atoms with van der Waals surface area (Å²) in [7, 11) is 0. The number of fused-ring (bicyclic) bond motifs is 4. The van der Waals surface area contributed by atoms with Crippen LogP contribution in [0, 0.1) is 0 Å². The van der Waals surface area contributed by atoms with Gasteiger partial charge in [0.05, 0.1) is 22.1 Å². The third-order valence-electron chi connectivity index (χ3n) is 9.56. The summed E-state index contributed by atoms with van der Waals surface area (Å²) in [5.41, 5.74) is 10.1. The Labute approximate surface area is 300 Å². The second-order valence-electron chi connectivity index (χ2n) is 12.8. The highest BCUT2D eigenvalue weighted by atomic mass is 15.1. The highest BCUT2D eigenvalue weighted by Gasteiger charge is 2.20. The maximum absolute atomic E-state index is 5.28. The third kappa shape index (κ3) is 5.05. The average Bonchev–Trinajstić information content (AvgIpc) is 3.76. The fourth-order valence-corrected chi connectivity index (χ4v) is 7.16. The van der Waals surface area contributed by atoms with Gasteiger partial charge < -0.3 is 4.57 Å². The summed E-state index contributed by atoms with van der Waals surface area (Å²) < 4.78 is 4.60. The van der Waals surface area contributed by atoms with Crippen molar-refractivity contribution < 1.29 is 0 Å². The molecule has 0 aliphatic rings. The van der Waals surface area contributed by atoms with Crippen molar-refractivity contribution in [1.29, 1.82) is 0 Å².